The molecule has 17 aliphatic carbocycles. The molecule has 0 radical (unpaired) electrons. The zero-order valence-electron chi connectivity index (χ0n) is 54.0. The van der Waals surface area contributed by atoms with Gasteiger partial charge in [-0.05, 0) is 248 Å². The van der Waals surface area contributed by atoms with Crippen molar-refractivity contribution in [2.24, 2.45) is 139 Å². The van der Waals surface area contributed by atoms with E-state index in [9.17, 15) is 0 Å². The first-order valence-corrected chi connectivity index (χ1v) is 34.4. The summed E-state index contributed by atoms with van der Waals surface area (Å²) in [5.41, 5.74) is 3.42. The number of fused-ring (bicyclic) bond motifs is 20. The summed E-state index contributed by atoms with van der Waals surface area (Å²) in [6, 6.07) is 0. The first kappa shape index (κ1) is 61.6. The van der Waals surface area contributed by atoms with Gasteiger partial charge in [-0.3, -0.25) is 0 Å². The minimum Gasteiger partial charge on any atom is -0.0599 e. The fourth-order valence-corrected chi connectivity index (χ4v) is 20.0. The molecular weight excluding hydrogens is 889 g/mol. The van der Waals surface area contributed by atoms with E-state index in [1.165, 1.54) is 161 Å². The second-order valence-electron chi connectivity index (χ2n) is 36.9. The van der Waals surface area contributed by atoms with Crippen LogP contribution in [0.1, 0.15) is 330 Å². The van der Waals surface area contributed by atoms with Crippen molar-refractivity contribution >= 4 is 0 Å². The van der Waals surface area contributed by atoms with Crippen LogP contribution in [-0.2, 0) is 0 Å². The Morgan fingerprint density at radius 2 is 0.459 bits per heavy atom. The van der Waals surface area contributed by atoms with E-state index < -0.39 is 0 Å². The molecule has 432 valence electrons. The van der Waals surface area contributed by atoms with Crippen LogP contribution < -0.4 is 0 Å². The molecule has 0 heterocycles. The zero-order chi connectivity index (χ0) is 54.0. The molecule has 7 atom stereocenters. The van der Waals surface area contributed by atoms with E-state index in [-0.39, 0.29) is 0 Å². The second kappa shape index (κ2) is 25.4. The topological polar surface area (TPSA) is 0 Å². The molecule has 0 N–H and O–H groups in total. The average Bonchev–Trinajstić information content (AvgIpc) is 4.02. The predicted octanol–water partition coefficient (Wildman–Crippen LogP) is 23.9. The van der Waals surface area contributed by atoms with Gasteiger partial charge in [-0.15, -0.1) is 0 Å². The minimum absolute atomic E-state index is 0.547. The Hall–Kier alpha value is 0. The Bertz CT molecular complexity index is 1580. The van der Waals surface area contributed by atoms with Crippen LogP contribution in [0.15, 0.2) is 0 Å². The number of hydrogen-bond donors (Lipinski definition) is 0. The maximum absolute atomic E-state index is 2.45. The highest BCUT2D eigenvalue weighted by Crippen LogP contribution is 2.59. The molecule has 17 fully saturated rings. The van der Waals surface area contributed by atoms with E-state index in [2.05, 4.69) is 125 Å². The maximum Gasteiger partial charge on any atom is -0.0334 e. The largest absolute Gasteiger partial charge is 0.0599 e. The lowest BCUT2D eigenvalue weighted by atomic mass is 9.57. The lowest BCUT2D eigenvalue weighted by Crippen LogP contribution is -2.38. The highest BCUT2D eigenvalue weighted by Gasteiger charge is 2.49. The van der Waals surface area contributed by atoms with Crippen molar-refractivity contribution in [3.05, 3.63) is 0 Å². The molecule has 0 aliphatic heterocycles. The molecule has 0 aromatic carbocycles. The standard InChI is InChI=1S/C15H28.C14H26.2C12H22.C11H20.C10H18/c1-15(2,3)14-10-12-6-4-7-13(11-14)9-5-8-12;1-14(2,3)13-9-8-11-4-6-12(10-13)7-5-11;1-12(2,3)11-8-9-4-6-10(11)7-5-9;1-12(2,3)11-5-4-9-6-10(7-9)8-11;1-11(2,3)10-7-8-4-5-9(10)6-8;1-10(2,3)9-6-7-4-8(9)5-7/h12-14H,4-11H2,1-3H3;11-13H,4-10H2,1-3H3;2*9-11H,4-8H2,1-3H3;8-10H,4-7H2,1-3H3;7-9H,4-6H2,1-3H3. The van der Waals surface area contributed by atoms with E-state index in [0.29, 0.717) is 32.5 Å². The molecule has 0 amide bonds. The van der Waals surface area contributed by atoms with Gasteiger partial charge in [0, 0.05) is 0 Å². The van der Waals surface area contributed by atoms with E-state index in [4.69, 9.17) is 0 Å². The van der Waals surface area contributed by atoms with Crippen molar-refractivity contribution in [1.82, 2.24) is 0 Å². The molecule has 0 spiro atoms. The van der Waals surface area contributed by atoms with E-state index in [1.807, 2.05) is 0 Å². The van der Waals surface area contributed by atoms with Crippen molar-refractivity contribution < 1.29 is 0 Å². The predicted molar refractivity (Wildman–Crippen MR) is 327 cm³/mol. The van der Waals surface area contributed by atoms with Gasteiger partial charge in [0.1, 0.15) is 0 Å². The summed E-state index contributed by atoms with van der Waals surface area (Å²) in [5, 5.41) is 0. The van der Waals surface area contributed by atoms with Crippen LogP contribution in [0.5, 0.6) is 0 Å². The monoisotopic (exact) mass is 1030 g/mol. The van der Waals surface area contributed by atoms with Gasteiger partial charge in [0.15, 0.2) is 0 Å². The Balaban J connectivity index is 0.000000130. The fourth-order valence-electron chi connectivity index (χ4n) is 20.0. The highest BCUT2D eigenvalue weighted by atomic mass is 14.5. The molecular formula is C74H136. The maximum atomic E-state index is 2.45. The first-order chi connectivity index (χ1) is 34.4. The summed E-state index contributed by atoms with van der Waals surface area (Å²) >= 11 is 0. The first-order valence-electron chi connectivity index (χ1n) is 34.4. The SMILES string of the molecule is CC(C)(C)C1CC2CC1C2.CC(C)(C)C1CC2CCC1C2.CC(C)(C)C1CC2CCC1CC2.CC(C)(C)C1CC2CCCC(CCC2)C1.CC(C)(C)C1CCC2CC(C2)C1.CC(C)(C)C1CCC2CCC(CC2)C1. The van der Waals surface area contributed by atoms with Gasteiger partial charge in [-0.2, -0.15) is 0 Å². The fraction of sp³-hybridized carbons (Fsp3) is 1.00. The summed E-state index contributed by atoms with van der Waals surface area (Å²) in [6.07, 6.45) is 49.1. The molecule has 17 aliphatic rings. The van der Waals surface area contributed by atoms with Crippen molar-refractivity contribution in [3.63, 3.8) is 0 Å². The Morgan fingerprint density at radius 3 is 0.811 bits per heavy atom. The molecule has 74 heavy (non-hydrogen) atoms. The van der Waals surface area contributed by atoms with Gasteiger partial charge in [-0.25, -0.2) is 0 Å². The summed E-state index contributed by atoms with van der Waals surface area (Å²) in [4.78, 5) is 0. The average molecular weight is 1030 g/mol. The quantitative estimate of drug-likeness (QED) is 0.227. The van der Waals surface area contributed by atoms with Crippen LogP contribution in [0.4, 0.5) is 0 Å². The molecule has 0 heteroatoms. The summed E-state index contributed by atoms with van der Waals surface area (Å²) in [7, 11) is 0. The van der Waals surface area contributed by atoms with Gasteiger partial charge in [0.2, 0.25) is 0 Å². The molecule has 12 bridgehead atoms. The van der Waals surface area contributed by atoms with Crippen molar-refractivity contribution in [3.8, 4) is 0 Å². The molecule has 7 unspecified atom stereocenters. The van der Waals surface area contributed by atoms with Crippen LogP contribution in [-0.4, -0.2) is 0 Å². The van der Waals surface area contributed by atoms with Gasteiger partial charge in [-0.1, -0.05) is 221 Å². The number of hydrogen-bond acceptors (Lipinski definition) is 0. The summed E-state index contributed by atoms with van der Waals surface area (Å²) in [5.74, 6) is 19.3. The van der Waals surface area contributed by atoms with Crippen LogP contribution in [0.25, 0.3) is 0 Å². The van der Waals surface area contributed by atoms with Crippen LogP contribution in [0.3, 0.4) is 0 Å². The lowest BCUT2D eigenvalue weighted by molar-refractivity contribution is 0.0250. The van der Waals surface area contributed by atoms with Gasteiger partial charge in [0.05, 0.1) is 0 Å². The van der Waals surface area contributed by atoms with Crippen LogP contribution in [0, 0.1) is 139 Å². The zero-order valence-corrected chi connectivity index (χ0v) is 54.0. The Kier molecular flexibility index (Phi) is 21.2. The summed E-state index contributed by atoms with van der Waals surface area (Å²) < 4.78 is 0. The summed E-state index contributed by atoms with van der Waals surface area (Å²) in [6.45, 7) is 43.7. The van der Waals surface area contributed by atoms with Gasteiger partial charge in [0.25, 0.3) is 0 Å². The van der Waals surface area contributed by atoms with Crippen molar-refractivity contribution in [2.45, 2.75) is 330 Å². The molecule has 0 aromatic rings. The van der Waals surface area contributed by atoms with E-state index >= 15 is 0 Å². The molecule has 17 saturated carbocycles. The van der Waals surface area contributed by atoms with E-state index in [1.54, 1.807) is 44.9 Å². The molecule has 17 rings (SSSR count). The third-order valence-electron chi connectivity index (χ3n) is 25.3. The smallest absolute Gasteiger partial charge is 0.0334 e. The highest BCUT2D eigenvalue weighted by molar-refractivity contribution is 4.99. The third kappa shape index (κ3) is 17.7. The van der Waals surface area contributed by atoms with Crippen molar-refractivity contribution in [2.75, 3.05) is 0 Å². The third-order valence-corrected chi connectivity index (χ3v) is 25.3. The van der Waals surface area contributed by atoms with Gasteiger partial charge >= 0.3 is 0 Å². The van der Waals surface area contributed by atoms with Crippen molar-refractivity contribution in [1.29, 1.82) is 0 Å². The minimum atomic E-state index is 0.547. The second-order valence-corrected chi connectivity index (χ2v) is 36.9. The normalized spacial score (nSPS) is 41.3. The van der Waals surface area contributed by atoms with Gasteiger partial charge < -0.3 is 0 Å². The number of rotatable bonds is 0. The Labute approximate surface area is 466 Å². The van der Waals surface area contributed by atoms with Crippen LogP contribution in [0.2, 0.25) is 0 Å². The Morgan fingerprint density at radius 1 is 0.176 bits per heavy atom. The molecule has 0 nitrogen and oxygen atoms in total. The lowest BCUT2D eigenvalue weighted by Gasteiger charge is -2.48. The van der Waals surface area contributed by atoms with Crippen LogP contribution >= 0.6 is 0 Å². The van der Waals surface area contributed by atoms with E-state index in [0.717, 1.165) is 107 Å². The molecule has 0 saturated heterocycles. The molecule has 0 aromatic heterocycles.